The molecule has 2 rings (SSSR count). The molecule has 0 aromatic carbocycles. The second kappa shape index (κ2) is 10.1. The highest BCUT2D eigenvalue weighted by Crippen LogP contribution is 2.22. The summed E-state index contributed by atoms with van der Waals surface area (Å²) in [4.78, 5) is 14.3. The van der Waals surface area contributed by atoms with E-state index >= 15 is 0 Å². The maximum atomic E-state index is 11.8. The van der Waals surface area contributed by atoms with E-state index in [0.29, 0.717) is 17.6 Å². The number of ketones is 1. The van der Waals surface area contributed by atoms with Crippen molar-refractivity contribution in [2.45, 2.75) is 78.7 Å². The lowest BCUT2D eigenvalue weighted by Crippen LogP contribution is -2.37. The minimum atomic E-state index is 0.179. The Kier molecular flexibility index (Phi) is 8.14. The summed E-state index contributed by atoms with van der Waals surface area (Å²) >= 11 is 0. The summed E-state index contributed by atoms with van der Waals surface area (Å²) in [6, 6.07) is 0. The van der Waals surface area contributed by atoms with Crippen LogP contribution in [0.5, 0.6) is 0 Å². The molecule has 0 radical (unpaired) electrons. The van der Waals surface area contributed by atoms with Crippen LogP contribution in [-0.4, -0.2) is 40.1 Å². The van der Waals surface area contributed by atoms with Crippen LogP contribution in [0, 0.1) is 11.8 Å². The van der Waals surface area contributed by atoms with Crippen LogP contribution in [0.2, 0.25) is 0 Å². The van der Waals surface area contributed by atoms with Crippen molar-refractivity contribution in [1.82, 2.24) is 14.7 Å². The number of Topliss-reactive ketones (excluding diaryl/α,β-unsaturated/α-hetero) is 1. The van der Waals surface area contributed by atoms with Crippen LogP contribution in [0.3, 0.4) is 0 Å². The molecule has 0 N–H and O–H groups in total. The van der Waals surface area contributed by atoms with Gasteiger partial charge < -0.3 is 4.90 Å². The Morgan fingerprint density at radius 3 is 2.88 bits per heavy atom. The lowest BCUT2D eigenvalue weighted by atomic mass is 9.97. The number of rotatable bonds is 10. The van der Waals surface area contributed by atoms with Gasteiger partial charge in [-0.15, -0.1) is 0 Å². The molecule has 2 atom stereocenters. The highest BCUT2D eigenvalue weighted by molar-refractivity contribution is 5.80. The Labute approximate surface area is 154 Å². The lowest BCUT2D eigenvalue weighted by Gasteiger charge is -2.32. The van der Waals surface area contributed by atoms with Gasteiger partial charge in [0, 0.05) is 31.6 Å². The summed E-state index contributed by atoms with van der Waals surface area (Å²) in [5, 5.41) is 4.60. The van der Waals surface area contributed by atoms with Crippen molar-refractivity contribution in [3.8, 4) is 0 Å². The van der Waals surface area contributed by atoms with Gasteiger partial charge in [0.2, 0.25) is 0 Å². The van der Waals surface area contributed by atoms with Gasteiger partial charge in [-0.05, 0) is 56.2 Å². The average molecular weight is 348 g/mol. The smallest absolute Gasteiger partial charge is 0.135 e. The number of nitrogens with zero attached hydrogens (tertiary/aromatic N) is 3. The van der Waals surface area contributed by atoms with Crippen LogP contribution in [0.4, 0.5) is 0 Å². The van der Waals surface area contributed by atoms with Crippen LogP contribution >= 0.6 is 0 Å². The van der Waals surface area contributed by atoms with Gasteiger partial charge in [-0.25, -0.2) is 0 Å². The van der Waals surface area contributed by atoms with E-state index in [1.54, 1.807) is 0 Å². The zero-order valence-corrected chi connectivity index (χ0v) is 16.7. The zero-order chi connectivity index (χ0) is 18.2. The van der Waals surface area contributed by atoms with Gasteiger partial charge in [0.1, 0.15) is 5.78 Å². The SMILES string of the molecule is CCCC(C)c1cnn(C[C@H]2CCCN(CCCC(=O)C(C)C)C2)c1. The summed E-state index contributed by atoms with van der Waals surface area (Å²) in [6.45, 7) is 13.0. The number of carbonyl (C=O) groups is 1. The topological polar surface area (TPSA) is 38.1 Å². The molecule has 1 aliphatic heterocycles. The maximum absolute atomic E-state index is 11.8. The predicted octanol–water partition coefficient (Wildman–Crippen LogP) is 4.50. The summed E-state index contributed by atoms with van der Waals surface area (Å²) in [5.41, 5.74) is 1.38. The number of aromatic nitrogens is 2. The predicted molar refractivity (Wildman–Crippen MR) is 104 cm³/mol. The standard InChI is InChI=1S/C21H37N3O/c1-5-8-18(4)20-13-22-24(16-20)15-19-9-6-11-23(14-19)12-7-10-21(25)17(2)3/h13,16-19H,5-12,14-15H2,1-4H3/t18?,19-/m0/s1. The molecule has 0 bridgehead atoms. The van der Waals surface area contributed by atoms with Crippen molar-refractivity contribution in [2.24, 2.45) is 11.8 Å². The molecule has 142 valence electrons. The molecule has 1 saturated heterocycles. The molecule has 0 spiro atoms. The van der Waals surface area contributed by atoms with Crippen molar-refractivity contribution in [3.05, 3.63) is 18.0 Å². The summed E-state index contributed by atoms with van der Waals surface area (Å²) < 4.78 is 2.15. The fraction of sp³-hybridized carbons (Fsp3) is 0.810. The molecule has 0 aliphatic carbocycles. The molecule has 0 amide bonds. The second-order valence-electron chi connectivity index (χ2n) is 8.22. The number of hydrogen-bond acceptors (Lipinski definition) is 3. The zero-order valence-electron chi connectivity index (χ0n) is 16.7. The molecular weight excluding hydrogens is 310 g/mol. The van der Waals surface area contributed by atoms with E-state index in [1.165, 1.54) is 37.8 Å². The first-order valence-corrected chi connectivity index (χ1v) is 10.3. The third-order valence-corrected chi connectivity index (χ3v) is 5.53. The Morgan fingerprint density at radius 2 is 2.16 bits per heavy atom. The van der Waals surface area contributed by atoms with Crippen LogP contribution in [0.15, 0.2) is 12.4 Å². The van der Waals surface area contributed by atoms with E-state index in [9.17, 15) is 4.79 Å². The molecule has 0 saturated carbocycles. The van der Waals surface area contributed by atoms with E-state index in [0.717, 1.165) is 32.5 Å². The first-order valence-electron chi connectivity index (χ1n) is 10.3. The molecule has 1 fully saturated rings. The lowest BCUT2D eigenvalue weighted by molar-refractivity contribution is -0.122. The van der Waals surface area contributed by atoms with Gasteiger partial charge in [0.25, 0.3) is 0 Å². The van der Waals surface area contributed by atoms with Crippen molar-refractivity contribution < 1.29 is 4.79 Å². The molecule has 1 aliphatic rings. The highest BCUT2D eigenvalue weighted by atomic mass is 16.1. The first-order chi connectivity index (χ1) is 12.0. The average Bonchev–Trinajstić information content (AvgIpc) is 3.04. The monoisotopic (exact) mass is 347 g/mol. The molecule has 4 heteroatoms. The van der Waals surface area contributed by atoms with E-state index in [-0.39, 0.29) is 5.92 Å². The summed E-state index contributed by atoms with van der Waals surface area (Å²) in [7, 11) is 0. The number of carbonyl (C=O) groups excluding carboxylic acids is 1. The normalized spacial score (nSPS) is 20.1. The quantitative estimate of drug-likeness (QED) is 0.625. The molecule has 2 heterocycles. The summed E-state index contributed by atoms with van der Waals surface area (Å²) in [5.74, 6) is 1.88. The fourth-order valence-electron chi connectivity index (χ4n) is 3.87. The van der Waals surface area contributed by atoms with Gasteiger partial charge in [-0.3, -0.25) is 9.48 Å². The number of likely N-dealkylation sites (tertiary alicyclic amines) is 1. The van der Waals surface area contributed by atoms with E-state index < -0.39 is 0 Å². The van der Waals surface area contributed by atoms with Gasteiger partial charge in [-0.1, -0.05) is 34.1 Å². The Bertz CT molecular complexity index is 523. The van der Waals surface area contributed by atoms with Crippen molar-refractivity contribution in [2.75, 3.05) is 19.6 Å². The van der Waals surface area contributed by atoms with Crippen LogP contribution in [0.25, 0.3) is 0 Å². The fourth-order valence-corrected chi connectivity index (χ4v) is 3.87. The minimum Gasteiger partial charge on any atom is -0.303 e. The molecular formula is C21H37N3O. The van der Waals surface area contributed by atoms with Crippen LogP contribution in [-0.2, 0) is 11.3 Å². The Balaban J connectivity index is 1.76. The highest BCUT2D eigenvalue weighted by Gasteiger charge is 2.21. The van der Waals surface area contributed by atoms with Gasteiger partial charge >= 0.3 is 0 Å². The second-order valence-corrected chi connectivity index (χ2v) is 8.22. The molecule has 1 aromatic heterocycles. The van der Waals surface area contributed by atoms with Crippen LogP contribution < -0.4 is 0 Å². The number of hydrogen-bond donors (Lipinski definition) is 0. The third-order valence-electron chi connectivity index (χ3n) is 5.53. The van der Waals surface area contributed by atoms with E-state index in [2.05, 4.69) is 40.9 Å². The van der Waals surface area contributed by atoms with E-state index in [4.69, 9.17) is 0 Å². The van der Waals surface area contributed by atoms with Gasteiger partial charge in [0.05, 0.1) is 6.20 Å². The Morgan fingerprint density at radius 1 is 1.36 bits per heavy atom. The summed E-state index contributed by atoms with van der Waals surface area (Å²) in [6.07, 6.45) is 11.1. The van der Waals surface area contributed by atoms with Crippen molar-refractivity contribution >= 4 is 5.78 Å². The third kappa shape index (κ3) is 6.58. The largest absolute Gasteiger partial charge is 0.303 e. The van der Waals surface area contributed by atoms with Crippen molar-refractivity contribution in [3.63, 3.8) is 0 Å². The molecule has 4 nitrogen and oxygen atoms in total. The molecule has 25 heavy (non-hydrogen) atoms. The van der Waals surface area contributed by atoms with Gasteiger partial charge in [-0.2, -0.15) is 5.10 Å². The maximum Gasteiger partial charge on any atom is 0.135 e. The first kappa shape index (κ1) is 20.2. The Hall–Kier alpha value is -1.16. The molecule has 1 unspecified atom stereocenters. The van der Waals surface area contributed by atoms with Gasteiger partial charge in [0.15, 0.2) is 0 Å². The van der Waals surface area contributed by atoms with E-state index in [1.807, 2.05) is 13.8 Å². The number of piperidine rings is 1. The molecule has 1 aromatic rings. The minimum absolute atomic E-state index is 0.179. The van der Waals surface area contributed by atoms with Crippen molar-refractivity contribution in [1.29, 1.82) is 0 Å². The van der Waals surface area contributed by atoms with Crippen LogP contribution in [0.1, 0.15) is 77.7 Å².